The maximum absolute atomic E-state index is 12.7. The molecule has 7 nitrogen and oxygen atoms in total. The van der Waals surface area contributed by atoms with E-state index in [1.165, 1.54) is 10.9 Å². The number of carbonyl (C=O) groups excluding carboxylic acids is 1. The summed E-state index contributed by atoms with van der Waals surface area (Å²) in [4.78, 5) is 32.4. The molecule has 7 heteroatoms. The Hall–Kier alpha value is -3.61. The van der Waals surface area contributed by atoms with E-state index in [-0.39, 0.29) is 24.4 Å². The number of methoxy groups -OCH3 is 1. The molecule has 0 unspecified atom stereocenters. The van der Waals surface area contributed by atoms with E-state index in [9.17, 15) is 9.59 Å². The van der Waals surface area contributed by atoms with Crippen molar-refractivity contribution in [3.05, 3.63) is 65.2 Å². The van der Waals surface area contributed by atoms with Gasteiger partial charge in [0.05, 0.1) is 13.4 Å². The second kappa shape index (κ2) is 6.95. The predicted molar refractivity (Wildman–Crippen MR) is 104 cm³/mol. The van der Waals surface area contributed by atoms with Crippen LogP contribution in [0.2, 0.25) is 0 Å². The van der Waals surface area contributed by atoms with E-state index >= 15 is 0 Å². The van der Waals surface area contributed by atoms with E-state index in [0.29, 0.717) is 16.7 Å². The number of H-pyrrole nitrogens is 1. The Bertz CT molecular complexity index is 1180. The molecule has 4 aromatic rings. The molecule has 0 aliphatic heterocycles. The van der Waals surface area contributed by atoms with Crippen molar-refractivity contribution < 1.29 is 9.53 Å². The molecule has 136 valence electrons. The summed E-state index contributed by atoms with van der Waals surface area (Å²) in [5.74, 6) is 0.543. The SMILES string of the molecule is COc1ccc(NC(=O)CCn2cnc3c([nH]c4ccccc43)c2=O)cc1. The van der Waals surface area contributed by atoms with Crippen molar-refractivity contribution in [3.8, 4) is 5.75 Å². The number of rotatable bonds is 5. The molecular weight excluding hydrogens is 344 g/mol. The van der Waals surface area contributed by atoms with Gasteiger partial charge in [-0.1, -0.05) is 18.2 Å². The third kappa shape index (κ3) is 3.27. The van der Waals surface area contributed by atoms with Gasteiger partial charge in [-0.05, 0) is 30.3 Å². The number of amides is 1. The van der Waals surface area contributed by atoms with Gasteiger partial charge in [0.2, 0.25) is 5.91 Å². The lowest BCUT2D eigenvalue weighted by Crippen LogP contribution is -2.23. The molecule has 4 rings (SSSR count). The Balaban J connectivity index is 1.49. The van der Waals surface area contributed by atoms with Crippen LogP contribution in [-0.2, 0) is 11.3 Å². The van der Waals surface area contributed by atoms with Crippen LogP contribution in [0.4, 0.5) is 5.69 Å². The van der Waals surface area contributed by atoms with Crippen LogP contribution in [0.1, 0.15) is 6.42 Å². The van der Waals surface area contributed by atoms with E-state index in [1.807, 2.05) is 24.3 Å². The third-order valence-electron chi connectivity index (χ3n) is 4.43. The van der Waals surface area contributed by atoms with Crippen molar-refractivity contribution in [3.63, 3.8) is 0 Å². The zero-order valence-corrected chi connectivity index (χ0v) is 14.7. The van der Waals surface area contributed by atoms with Crippen molar-refractivity contribution in [1.29, 1.82) is 0 Å². The van der Waals surface area contributed by atoms with Gasteiger partial charge >= 0.3 is 0 Å². The van der Waals surface area contributed by atoms with Crippen LogP contribution in [-0.4, -0.2) is 27.6 Å². The maximum Gasteiger partial charge on any atom is 0.277 e. The number of hydrogen-bond acceptors (Lipinski definition) is 4. The first kappa shape index (κ1) is 16.8. The predicted octanol–water partition coefficient (Wildman–Crippen LogP) is 2.92. The topological polar surface area (TPSA) is 89.0 Å². The molecule has 0 spiro atoms. The highest BCUT2D eigenvalue weighted by Gasteiger charge is 2.11. The zero-order valence-electron chi connectivity index (χ0n) is 14.7. The molecule has 2 heterocycles. The number of nitrogens with zero attached hydrogens (tertiary/aromatic N) is 2. The van der Waals surface area contributed by atoms with Crippen molar-refractivity contribution in [1.82, 2.24) is 14.5 Å². The Morgan fingerprint density at radius 1 is 1.19 bits per heavy atom. The van der Waals surface area contributed by atoms with Gasteiger partial charge < -0.3 is 15.0 Å². The van der Waals surface area contributed by atoms with Gasteiger partial charge in [-0.2, -0.15) is 0 Å². The number of aromatic nitrogens is 3. The number of fused-ring (bicyclic) bond motifs is 3. The van der Waals surface area contributed by atoms with Gasteiger partial charge in [-0.25, -0.2) is 4.98 Å². The molecule has 2 N–H and O–H groups in total. The summed E-state index contributed by atoms with van der Waals surface area (Å²) in [6, 6.07) is 14.7. The summed E-state index contributed by atoms with van der Waals surface area (Å²) in [5.41, 5.74) is 2.46. The Morgan fingerprint density at radius 2 is 1.96 bits per heavy atom. The number of anilines is 1. The summed E-state index contributed by atoms with van der Waals surface area (Å²) in [7, 11) is 1.59. The van der Waals surface area contributed by atoms with Gasteiger partial charge in [-0.15, -0.1) is 0 Å². The second-order valence-electron chi connectivity index (χ2n) is 6.16. The first-order valence-electron chi connectivity index (χ1n) is 8.55. The average molecular weight is 362 g/mol. The number of para-hydroxylation sites is 1. The fraction of sp³-hybridized carbons (Fsp3) is 0.150. The Labute approximate surface area is 154 Å². The number of hydrogen-bond donors (Lipinski definition) is 2. The lowest BCUT2D eigenvalue weighted by Gasteiger charge is -2.07. The lowest BCUT2D eigenvalue weighted by atomic mass is 10.2. The maximum atomic E-state index is 12.7. The highest BCUT2D eigenvalue weighted by Crippen LogP contribution is 2.20. The molecule has 0 bridgehead atoms. The van der Waals surface area contributed by atoms with Crippen LogP contribution < -0.4 is 15.6 Å². The van der Waals surface area contributed by atoms with Crippen molar-refractivity contribution >= 4 is 33.5 Å². The van der Waals surface area contributed by atoms with Gasteiger partial charge in [0.25, 0.3) is 5.56 Å². The molecule has 2 aromatic carbocycles. The summed E-state index contributed by atoms with van der Waals surface area (Å²) < 4.78 is 6.54. The molecule has 0 aliphatic rings. The van der Waals surface area contributed by atoms with E-state index < -0.39 is 0 Å². The molecule has 0 saturated carbocycles. The van der Waals surface area contributed by atoms with Crippen LogP contribution >= 0.6 is 0 Å². The highest BCUT2D eigenvalue weighted by atomic mass is 16.5. The van der Waals surface area contributed by atoms with Crippen LogP contribution in [0.25, 0.3) is 21.9 Å². The molecular formula is C20H18N4O3. The van der Waals surface area contributed by atoms with Gasteiger partial charge in [0.15, 0.2) is 0 Å². The standard InChI is InChI=1S/C20H18N4O3/c1-27-14-8-6-13(7-9-14)22-17(25)10-11-24-12-21-18-15-4-2-3-5-16(15)23-19(18)20(24)26/h2-9,12,23H,10-11H2,1H3,(H,22,25). The van der Waals surface area contributed by atoms with Crippen LogP contribution in [0.15, 0.2) is 59.7 Å². The average Bonchev–Trinajstić information content (AvgIpc) is 3.08. The molecule has 27 heavy (non-hydrogen) atoms. The second-order valence-corrected chi connectivity index (χ2v) is 6.16. The highest BCUT2D eigenvalue weighted by molar-refractivity contribution is 6.04. The van der Waals surface area contributed by atoms with E-state index in [0.717, 1.165) is 16.7 Å². The molecule has 0 atom stereocenters. The monoisotopic (exact) mass is 362 g/mol. The van der Waals surface area contributed by atoms with Crippen molar-refractivity contribution in [2.45, 2.75) is 13.0 Å². The number of ether oxygens (including phenoxy) is 1. The first-order valence-corrected chi connectivity index (χ1v) is 8.55. The minimum Gasteiger partial charge on any atom is -0.497 e. The van der Waals surface area contributed by atoms with E-state index in [4.69, 9.17) is 4.74 Å². The number of aromatic amines is 1. The van der Waals surface area contributed by atoms with Crippen LogP contribution in [0, 0.1) is 0 Å². The quantitative estimate of drug-likeness (QED) is 0.571. The minimum atomic E-state index is -0.187. The molecule has 0 radical (unpaired) electrons. The number of aryl methyl sites for hydroxylation is 1. The largest absolute Gasteiger partial charge is 0.497 e. The molecule has 0 fully saturated rings. The molecule has 1 amide bonds. The molecule has 0 saturated heterocycles. The fourth-order valence-electron chi connectivity index (χ4n) is 3.02. The van der Waals surface area contributed by atoms with Crippen molar-refractivity contribution in [2.24, 2.45) is 0 Å². The normalized spacial score (nSPS) is 11.0. The minimum absolute atomic E-state index is 0.166. The summed E-state index contributed by atoms with van der Waals surface area (Å²) in [5, 5.41) is 3.71. The number of benzene rings is 2. The lowest BCUT2D eigenvalue weighted by molar-refractivity contribution is -0.116. The van der Waals surface area contributed by atoms with Gasteiger partial charge in [-0.3, -0.25) is 14.2 Å². The molecule has 0 aliphatic carbocycles. The van der Waals surface area contributed by atoms with Gasteiger partial charge in [0.1, 0.15) is 16.8 Å². The number of nitrogens with one attached hydrogen (secondary N) is 2. The van der Waals surface area contributed by atoms with E-state index in [2.05, 4.69) is 15.3 Å². The van der Waals surface area contributed by atoms with E-state index in [1.54, 1.807) is 31.4 Å². The Morgan fingerprint density at radius 3 is 2.74 bits per heavy atom. The summed E-state index contributed by atoms with van der Waals surface area (Å²) in [6.45, 7) is 0.249. The smallest absolute Gasteiger partial charge is 0.277 e. The third-order valence-corrected chi connectivity index (χ3v) is 4.43. The summed E-state index contributed by atoms with van der Waals surface area (Å²) >= 11 is 0. The van der Waals surface area contributed by atoms with Crippen LogP contribution in [0.3, 0.4) is 0 Å². The van der Waals surface area contributed by atoms with Gasteiger partial charge in [0, 0.05) is 29.6 Å². The molecule has 2 aromatic heterocycles. The zero-order chi connectivity index (χ0) is 18.8. The number of carbonyl (C=O) groups is 1. The Kier molecular flexibility index (Phi) is 4.33. The summed E-state index contributed by atoms with van der Waals surface area (Å²) in [6.07, 6.45) is 1.66. The first-order chi connectivity index (χ1) is 13.2. The fourth-order valence-corrected chi connectivity index (χ4v) is 3.02. The van der Waals surface area contributed by atoms with Crippen molar-refractivity contribution in [2.75, 3.05) is 12.4 Å². The van der Waals surface area contributed by atoms with Crippen LogP contribution in [0.5, 0.6) is 5.75 Å².